The maximum atomic E-state index is 12.6. The normalized spacial score (nSPS) is 13.3. The minimum absolute atomic E-state index is 0.0682. The predicted octanol–water partition coefficient (Wildman–Crippen LogP) is 4.53. The molecule has 1 aliphatic heterocycles. The highest BCUT2D eigenvalue weighted by atomic mass is 16.7. The second-order valence-corrected chi connectivity index (χ2v) is 6.59. The van der Waals surface area contributed by atoms with E-state index in [1.165, 1.54) is 0 Å². The first-order chi connectivity index (χ1) is 13.1. The summed E-state index contributed by atoms with van der Waals surface area (Å²) in [4.78, 5) is 16.8. The molecule has 2 heterocycles. The minimum atomic E-state index is -0.304. The van der Waals surface area contributed by atoms with Gasteiger partial charge in [0, 0.05) is 17.6 Å². The molecule has 136 valence electrons. The summed E-state index contributed by atoms with van der Waals surface area (Å²) in [5, 5.41) is 2.97. The average Bonchev–Trinajstić information content (AvgIpc) is 3.15. The summed E-state index contributed by atoms with van der Waals surface area (Å²) < 4.78 is 10.7. The molecule has 1 amide bonds. The van der Waals surface area contributed by atoms with Crippen molar-refractivity contribution in [3.63, 3.8) is 0 Å². The molecule has 0 aliphatic carbocycles. The molecule has 5 heteroatoms. The summed E-state index contributed by atoms with van der Waals surface area (Å²) in [5.74, 6) is 1.03. The lowest BCUT2D eigenvalue weighted by Gasteiger charge is -2.13. The molecule has 0 saturated carbocycles. The number of fused-ring (bicyclic) bond motifs is 1. The van der Waals surface area contributed by atoms with Gasteiger partial charge in [0.05, 0.1) is 5.92 Å². The van der Waals surface area contributed by atoms with Gasteiger partial charge in [-0.25, -0.2) is 0 Å². The second kappa shape index (κ2) is 7.11. The summed E-state index contributed by atoms with van der Waals surface area (Å²) >= 11 is 0. The lowest BCUT2D eigenvalue weighted by atomic mass is 9.99. The van der Waals surface area contributed by atoms with Crippen molar-refractivity contribution in [3.05, 3.63) is 72.1 Å². The zero-order valence-electron chi connectivity index (χ0n) is 15.2. The molecule has 27 heavy (non-hydrogen) atoms. The molecule has 1 aliphatic rings. The molecular formula is C22H20N2O3. The Hall–Kier alpha value is -3.34. The molecule has 0 saturated heterocycles. The molecule has 1 atom stereocenters. The second-order valence-electron chi connectivity index (χ2n) is 6.59. The highest BCUT2D eigenvalue weighted by molar-refractivity contribution is 5.95. The van der Waals surface area contributed by atoms with Crippen molar-refractivity contribution in [2.45, 2.75) is 19.8 Å². The molecule has 0 fully saturated rings. The van der Waals surface area contributed by atoms with Crippen LogP contribution in [0.4, 0.5) is 5.69 Å². The van der Waals surface area contributed by atoms with Gasteiger partial charge in [-0.15, -0.1) is 0 Å². The Balaban J connectivity index is 1.46. The van der Waals surface area contributed by atoms with Crippen molar-refractivity contribution in [2.75, 3.05) is 12.1 Å². The van der Waals surface area contributed by atoms with Crippen LogP contribution in [0, 0.1) is 6.92 Å². The lowest BCUT2D eigenvalue weighted by molar-refractivity contribution is -0.117. The number of anilines is 1. The molecule has 1 unspecified atom stereocenters. The van der Waals surface area contributed by atoms with Gasteiger partial charge < -0.3 is 14.8 Å². The number of pyridine rings is 1. The standard InChI is InChI=1S/C22H20N2O3/c1-14-11-18(9-10-23-14)16-3-6-19(7-4-16)24-22(25)15(2)17-5-8-20-21(12-17)27-13-26-20/h3-12,15H,13H2,1-2H3,(H,24,25). The number of aromatic nitrogens is 1. The predicted molar refractivity (Wildman–Crippen MR) is 104 cm³/mol. The first-order valence-corrected chi connectivity index (χ1v) is 8.83. The summed E-state index contributed by atoms with van der Waals surface area (Å²) in [5.41, 5.74) is 4.82. The fraction of sp³-hybridized carbons (Fsp3) is 0.182. The van der Waals surface area contributed by atoms with E-state index in [9.17, 15) is 4.79 Å². The molecular weight excluding hydrogens is 340 g/mol. The summed E-state index contributed by atoms with van der Waals surface area (Å²) in [6, 6.07) is 17.4. The van der Waals surface area contributed by atoms with Gasteiger partial charge in [0.15, 0.2) is 11.5 Å². The highest BCUT2D eigenvalue weighted by Gasteiger charge is 2.20. The van der Waals surface area contributed by atoms with Crippen molar-refractivity contribution in [1.82, 2.24) is 4.98 Å². The van der Waals surface area contributed by atoms with Gasteiger partial charge in [-0.3, -0.25) is 9.78 Å². The topological polar surface area (TPSA) is 60.5 Å². The number of amides is 1. The molecule has 1 aromatic heterocycles. The maximum absolute atomic E-state index is 12.6. The molecule has 2 aromatic carbocycles. The number of carbonyl (C=O) groups is 1. The number of rotatable bonds is 4. The SMILES string of the molecule is Cc1cc(-c2ccc(NC(=O)C(C)c3ccc4c(c3)OCO4)cc2)ccn1. The van der Waals surface area contributed by atoms with Gasteiger partial charge in [0.2, 0.25) is 12.7 Å². The zero-order valence-corrected chi connectivity index (χ0v) is 15.2. The van der Waals surface area contributed by atoms with E-state index in [1.54, 1.807) is 6.20 Å². The molecule has 1 N–H and O–H groups in total. The Morgan fingerprint density at radius 2 is 1.78 bits per heavy atom. The van der Waals surface area contributed by atoms with Crippen LogP contribution in [0.5, 0.6) is 11.5 Å². The van der Waals surface area contributed by atoms with E-state index in [4.69, 9.17) is 9.47 Å². The van der Waals surface area contributed by atoms with E-state index in [1.807, 2.05) is 68.4 Å². The molecule has 0 bridgehead atoms. The highest BCUT2D eigenvalue weighted by Crippen LogP contribution is 2.34. The number of aryl methyl sites for hydroxylation is 1. The van der Waals surface area contributed by atoms with Crippen molar-refractivity contribution in [2.24, 2.45) is 0 Å². The third kappa shape index (κ3) is 3.62. The van der Waals surface area contributed by atoms with E-state index in [-0.39, 0.29) is 18.6 Å². The van der Waals surface area contributed by atoms with Crippen LogP contribution in [0.2, 0.25) is 0 Å². The molecule has 3 aromatic rings. The number of nitrogens with zero attached hydrogens (tertiary/aromatic N) is 1. The molecule has 0 radical (unpaired) electrons. The third-order valence-electron chi connectivity index (χ3n) is 4.67. The van der Waals surface area contributed by atoms with Crippen molar-refractivity contribution < 1.29 is 14.3 Å². The van der Waals surface area contributed by atoms with Crippen molar-refractivity contribution in [3.8, 4) is 22.6 Å². The Kier molecular flexibility index (Phi) is 4.50. The average molecular weight is 360 g/mol. The quantitative estimate of drug-likeness (QED) is 0.743. The monoisotopic (exact) mass is 360 g/mol. The smallest absolute Gasteiger partial charge is 0.231 e. The largest absolute Gasteiger partial charge is 0.454 e. The minimum Gasteiger partial charge on any atom is -0.454 e. The Morgan fingerprint density at radius 3 is 2.56 bits per heavy atom. The van der Waals surface area contributed by atoms with Gasteiger partial charge in [0.25, 0.3) is 0 Å². The number of hydrogen-bond donors (Lipinski definition) is 1. The molecule has 4 rings (SSSR count). The van der Waals surface area contributed by atoms with E-state index in [0.717, 1.165) is 28.1 Å². The van der Waals surface area contributed by atoms with Crippen molar-refractivity contribution in [1.29, 1.82) is 0 Å². The van der Waals surface area contributed by atoms with E-state index in [0.29, 0.717) is 11.5 Å². The number of carbonyl (C=O) groups excluding carboxylic acids is 1. The third-order valence-corrected chi connectivity index (χ3v) is 4.67. The van der Waals surface area contributed by atoms with Crippen LogP contribution in [-0.4, -0.2) is 17.7 Å². The van der Waals surface area contributed by atoms with Crippen LogP contribution in [0.1, 0.15) is 24.1 Å². The van der Waals surface area contributed by atoms with Gasteiger partial charge in [-0.1, -0.05) is 18.2 Å². The van der Waals surface area contributed by atoms with E-state index >= 15 is 0 Å². The number of nitrogens with one attached hydrogen (secondary N) is 1. The fourth-order valence-corrected chi connectivity index (χ4v) is 3.06. The lowest BCUT2D eigenvalue weighted by Crippen LogP contribution is -2.18. The zero-order chi connectivity index (χ0) is 18.8. The fourth-order valence-electron chi connectivity index (χ4n) is 3.06. The number of benzene rings is 2. The number of hydrogen-bond acceptors (Lipinski definition) is 4. The first kappa shape index (κ1) is 17.1. The maximum Gasteiger partial charge on any atom is 0.231 e. The van der Waals surface area contributed by atoms with Crippen LogP contribution < -0.4 is 14.8 Å². The van der Waals surface area contributed by atoms with E-state index < -0.39 is 0 Å². The number of ether oxygens (including phenoxy) is 2. The van der Waals surface area contributed by atoms with Crippen LogP contribution in [0.25, 0.3) is 11.1 Å². The van der Waals surface area contributed by atoms with Crippen LogP contribution in [0.3, 0.4) is 0 Å². The Labute approximate surface area is 158 Å². The van der Waals surface area contributed by atoms with Gasteiger partial charge in [-0.05, 0) is 66.9 Å². The van der Waals surface area contributed by atoms with Crippen LogP contribution in [-0.2, 0) is 4.79 Å². The Bertz CT molecular complexity index is 983. The molecule has 5 nitrogen and oxygen atoms in total. The van der Waals surface area contributed by atoms with Gasteiger partial charge in [-0.2, -0.15) is 0 Å². The summed E-state index contributed by atoms with van der Waals surface area (Å²) in [7, 11) is 0. The summed E-state index contributed by atoms with van der Waals surface area (Å²) in [6.45, 7) is 4.07. The van der Waals surface area contributed by atoms with Crippen LogP contribution in [0.15, 0.2) is 60.8 Å². The molecule has 0 spiro atoms. The van der Waals surface area contributed by atoms with Gasteiger partial charge >= 0.3 is 0 Å². The van der Waals surface area contributed by atoms with E-state index in [2.05, 4.69) is 10.3 Å². The Morgan fingerprint density at radius 1 is 1.00 bits per heavy atom. The van der Waals surface area contributed by atoms with Gasteiger partial charge in [0.1, 0.15) is 0 Å². The first-order valence-electron chi connectivity index (χ1n) is 8.83. The van der Waals surface area contributed by atoms with Crippen molar-refractivity contribution >= 4 is 11.6 Å². The van der Waals surface area contributed by atoms with Crippen LogP contribution >= 0.6 is 0 Å². The summed E-state index contributed by atoms with van der Waals surface area (Å²) in [6.07, 6.45) is 1.80.